The standard InChI is InChI=1S/C14H16N2O3/c1-9-6-13(17)12(7-15-9)14(18)16(3)8-11-4-5-19-10(11)2/h4-7H,8H2,1-3H3,(H,15,17). The second kappa shape index (κ2) is 5.14. The third kappa shape index (κ3) is 2.76. The van der Waals surface area contributed by atoms with E-state index in [0.29, 0.717) is 6.54 Å². The van der Waals surface area contributed by atoms with E-state index in [1.807, 2.05) is 13.0 Å². The molecule has 1 N–H and O–H groups in total. The van der Waals surface area contributed by atoms with Gasteiger partial charge in [-0.2, -0.15) is 0 Å². The molecule has 0 saturated heterocycles. The minimum Gasteiger partial charge on any atom is -0.469 e. The van der Waals surface area contributed by atoms with Gasteiger partial charge in [0.1, 0.15) is 11.3 Å². The molecule has 5 nitrogen and oxygen atoms in total. The van der Waals surface area contributed by atoms with Crippen molar-refractivity contribution in [3.05, 3.63) is 57.4 Å². The zero-order valence-corrected chi connectivity index (χ0v) is 11.2. The van der Waals surface area contributed by atoms with Crippen LogP contribution in [0, 0.1) is 13.8 Å². The van der Waals surface area contributed by atoms with Crippen molar-refractivity contribution in [2.75, 3.05) is 7.05 Å². The molecular formula is C14H16N2O3. The third-order valence-corrected chi connectivity index (χ3v) is 3.01. The van der Waals surface area contributed by atoms with E-state index in [4.69, 9.17) is 4.42 Å². The number of hydrogen-bond acceptors (Lipinski definition) is 3. The van der Waals surface area contributed by atoms with Gasteiger partial charge < -0.3 is 14.3 Å². The van der Waals surface area contributed by atoms with E-state index >= 15 is 0 Å². The number of nitrogens with zero attached hydrogens (tertiary/aromatic N) is 1. The predicted octanol–water partition coefficient (Wildman–Crippen LogP) is 1.86. The molecule has 0 aliphatic heterocycles. The number of aryl methyl sites for hydroxylation is 2. The third-order valence-electron chi connectivity index (χ3n) is 3.01. The summed E-state index contributed by atoms with van der Waals surface area (Å²) in [7, 11) is 1.66. The van der Waals surface area contributed by atoms with E-state index in [2.05, 4.69) is 4.98 Å². The number of hydrogen-bond donors (Lipinski definition) is 1. The summed E-state index contributed by atoms with van der Waals surface area (Å²) in [5.74, 6) is 0.472. The Morgan fingerprint density at radius 1 is 1.42 bits per heavy atom. The predicted molar refractivity (Wildman–Crippen MR) is 71.0 cm³/mol. The molecule has 0 fully saturated rings. The first kappa shape index (κ1) is 13.1. The van der Waals surface area contributed by atoms with Gasteiger partial charge in [-0.1, -0.05) is 0 Å². The fourth-order valence-electron chi connectivity index (χ4n) is 1.85. The molecule has 2 rings (SSSR count). The Morgan fingerprint density at radius 3 is 2.74 bits per heavy atom. The molecule has 0 radical (unpaired) electrons. The first-order valence-corrected chi connectivity index (χ1v) is 5.97. The quantitative estimate of drug-likeness (QED) is 0.916. The average molecular weight is 260 g/mol. The number of H-pyrrole nitrogens is 1. The van der Waals surface area contributed by atoms with Crippen LogP contribution in [0.3, 0.4) is 0 Å². The van der Waals surface area contributed by atoms with Crippen molar-refractivity contribution in [1.82, 2.24) is 9.88 Å². The first-order chi connectivity index (χ1) is 8.99. The summed E-state index contributed by atoms with van der Waals surface area (Å²) >= 11 is 0. The molecule has 0 atom stereocenters. The molecule has 0 unspecified atom stereocenters. The summed E-state index contributed by atoms with van der Waals surface area (Å²) in [5.41, 5.74) is 1.54. The second-order valence-electron chi connectivity index (χ2n) is 4.56. The molecule has 2 aromatic rings. The van der Waals surface area contributed by atoms with Crippen LogP contribution in [0.4, 0.5) is 0 Å². The van der Waals surface area contributed by atoms with Crippen LogP contribution in [0.15, 0.2) is 33.8 Å². The van der Waals surface area contributed by atoms with Gasteiger partial charge >= 0.3 is 0 Å². The lowest BCUT2D eigenvalue weighted by Crippen LogP contribution is -2.30. The van der Waals surface area contributed by atoms with E-state index in [1.54, 1.807) is 20.2 Å². The van der Waals surface area contributed by atoms with Crippen molar-refractivity contribution >= 4 is 5.91 Å². The average Bonchev–Trinajstić information content (AvgIpc) is 2.74. The zero-order valence-electron chi connectivity index (χ0n) is 11.2. The maximum atomic E-state index is 12.2. The van der Waals surface area contributed by atoms with E-state index < -0.39 is 0 Å². The van der Waals surface area contributed by atoms with Crippen molar-refractivity contribution in [2.24, 2.45) is 0 Å². The number of carbonyl (C=O) groups is 1. The normalized spacial score (nSPS) is 10.5. The molecule has 100 valence electrons. The second-order valence-corrected chi connectivity index (χ2v) is 4.56. The lowest BCUT2D eigenvalue weighted by atomic mass is 10.2. The van der Waals surface area contributed by atoms with Crippen LogP contribution in [0.2, 0.25) is 0 Å². The fourth-order valence-corrected chi connectivity index (χ4v) is 1.85. The summed E-state index contributed by atoms with van der Waals surface area (Å²) in [4.78, 5) is 28.3. The number of rotatable bonds is 3. The molecule has 0 saturated carbocycles. The summed E-state index contributed by atoms with van der Waals surface area (Å²) in [6, 6.07) is 3.24. The van der Waals surface area contributed by atoms with E-state index in [-0.39, 0.29) is 16.9 Å². The molecule has 0 aliphatic rings. The molecule has 19 heavy (non-hydrogen) atoms. The van der Waals surface area contributed by atoms with Gasteiger partial charge in [-0.25, -0.2) is 0 Å². The lowest BCUT2D eigenvalue weighted by molar-refractivity contribution is 0.0783. The Hall–Kier alpha value is -2.30. The molecule has 0 aromatic carbocycles. The minimum absolute atomic E-state index is 0.147. The molecular weight excluding hydrogens is 244 g/mol. The number of aromatic nitrogens is 1. The SMILES string of the molecule is Cc1cc(=O)c(C(=O)N(C)Cc2ccoc2C)c[nH]1. The number of carbonyl (C=O) groups excluding carboxylic acids is 1. The summed E-state index contributed by atoms with van der Waals surface area (Å²) in [6.07, 6.45) is 3.04. The number of aromatic amines is 1. The van der Waals surface area contributed by atoms with E-state index in [1.165, 1.54) is 17.2 Å². The van der Waals surface area contributed by atoms with Gasteiger partial charge in [-0.3, -0.25) is 9.59 Å². The smallest absolute Gasteiger partial charge is 0.259 e. The molecule has 2 heterocycles. The summed E-state index contributed by atoms with van der Waals surface area (Å²) in [5, 5.41) is 0. The molecule has 0 spiro atoms. The molecule has 5 heteroatoms. The Kier molecular flexibility index (Phi) is 3.55. The van der Waals surface area contributed by atoms with Crippen LogP contribution >= 0.6 is 0 Å². The van der Waals surface area contributed by atoms with Crippen molar-refractivity contribution in [1.29, 1.82) is 0 Å². The Labute approximate surface area is 110 Å². The molecule has 2 aromatic heterocycles. The highest BCUT2D eigenvalue weighted by Crippen LogP contribution is 2.12. The van der Waals surface area contributed by atoms with Crippen LogP contribution in [0.25, 0.3) is 0 Å². The van der Waals surface area contributed by atoms with Crippen molar-refractivity contribution < 1.29 is 9.21 Å². The summed E-state index contributed by atoms with van der Waals surface area (Å²) in [6.45, 7) is 4.02. The van der Waals surface area contributed by atoms with Crippen LogP contribution < -0.4 is 5.43 Å². The van der Waals surface area contributed by atoms with Gasteiger partial charge in [0.25, 0.3) is 5.91 Å². The maximum Gasteiger partial charge on any atom is 0.259 e. The van der Waals surface area contributed by atoms with E-state index in [0.717, 1.165) is 17.0 Å². The minimum atomic E-state index is -0.304. The van der Waals surface area contributed by atoms with Crippen molar-refractivity contribution in [3.8, 4) is 0 Å². The largest absolute Gasteiger partial charge is 0.469 e. The number of amides is 1. The van der Waals surface area contributed by atoms with Gasteiger partial charge in [0, 0.05) is 37.1 Å². The van der Waals surface area contributed by atoms with Gasteiger partial charge in [-0.05, 0) is 19.9 Å². The van der Waals surface area contributed by atoms with Gasteiger partial charge in [0.05, 0.1) is 6.26 Å². The van der Waals surface area contributed by atoms with Crippen molar-refractivity contribution in [2.45, 2.75) is 20.4 Å². The topological polar surface area (TPSA) is 66.3 Å². The number of nitrogens with one attached hydrogen (secondary N) is 1. The van der Waals surface area contributed by atoms with Gasteiger partial charge in [-0.15, -0.1) is 0 Å². The Bertz CT molecular complexity index is 655. The highest BCUT2D eigenvalue weighted by Gasteiger charge is 2.16. The van der Waals surface area contributed by atoms with Crippen LogP contribution in [0.1, 0.15) is 27.4 Å². The van der Waals surface area contributed by atoms with E-state index in [9.17, 15) is 9.59 Å². The molecule has 0 aliphatic carbocycles. The van der Waals surface area contributed by atoms with Crippen LogP contribution in [-0.2, 0) is 6.54 Å². The van der Waals surface area contributed by atoms with Crippen molar-refractivity contribution in [3.63, 3.8) is 0 Å². The van der Waals surface area contributed by atoms with Gasteiger partial charge in [0.2, 0.25) is 0 Å². The van der Waals surface area contributed by atoms with Crippen LogP contribution in [-0.4, -0.2) is 22.8 Å². The fraction of sp³-hybridized carbons (Fsp3) is 0.286. The summed E-state index contributed by atoms with van der Waals surface area (Å²) < 4.78 is 5.18. The monoisotopic (exact) mass is 260 g/mol. The first-order valence-electron chi connectivity index (χ1n) is 5.97. The molecule has 0 bridgehead atoms. The number of furan rings is 1. The Balaban J connectivity index is 2.20. The highest BCUT2D eigenvalue weighted by molar-refractivity contribution is 5.93. The maximum absolute atomic E-state index is 12.2. The van der Waals surface area contributed by atoms with Gasteiger partial charge in [0.15, 0.2) is 5.43 Å². The molecule has 1 amide bonds. The highest BCUT2D eigenvalue weighted by atomic mass is 16.3. The zero-order chi connectivity index (χ0) is 14.0. The number of pyridine rings is 1. The lowest BCUT2D eigenvalue weighted by Gasteiger charge is -2.16. The Morgan fingerprint density at radius 2 is 2.16 bits per heavy atom. The van der Waals surface area contributed by atoms with Crippen LogP contribution in [0.5, 0.6) is 0 Å².